The summed E-state index contributed by atoms with van der Waals surface area (Å²) in [6, 6.07) is 21.6. The molecule has 1 heterocycles. The molecule has 1 aromatic heterocycles. The van der Waals surface area contributed by atoms with E-state index in [9.17, 15) is 9.59 Å². The Morgan fingerprint density at radius 3 is 2.34 bits per heavy atom. The van der Waals surface area contributed by atoms with Gasteiger partial charge in [-0.1, -0.05) is 65.7 Å². The molecule has 1 amide bonds. The van der Waals surface area contributed by atoms with Crippen LogP contribution in [0.4, 0.5) is 5.69 Å². The SMILES string of the molecule is Cc1ccc(C(=O)c2oc3ccccc3c2NC(=O)Cc2ccc(Cl)cc2)cc1. The fourth-order valence-electron chi connectivity index (χ4n) is 3.14. The molecule has 0 aliphatic heterocycles. The summed E-state index contributed by atoms with van der Waals surface area (Å²) in [4.78, 5) is 25.7. The first kappa shape index (κ1) is 19.0. The predicted molar refractivity (Wildman–Crippen MR) is 115 cm³/mol. The molecule has 3 aromatic carbocycles. The Morgan fingerprint density at radius 2 is 1.62 bits per heavy atom. The van der Waals surface area contributed by atoms with Gasteiger partial charge in [0.25, 0.3) is 0 Å². The minimum atomic E-state index is -0.275. The van der Waals surface area contributed by atoms with Crippen LogP contribution >= 0.6 is 11.6 Å². The smallest absolute Gasteiger partial charge is 0.230 e. The number of anilines is 1. The summed E-state index contributed by atoms with van der Waals surface area (Å²) >= 11 is 5.90. The first-order valence-electron chi connectivity index (χ1n) is 9.18. The van der Waals surface area contributed by atoms with Crippen molar-refractivity contribution >= 4 is 39.9 Å². The van der Waals surface area contributed by atoms with Crippen LogP contribution < -0.4 is 5.32 Å². The van der Waals surface area contributed by atoms with E-state index >= 15 is 0 Å². The topological polar surface area (TPSA) is 59.3 Å². The lowest BCUT2D eigenvalue weighted by Crippen LogP contribution is -2.16. The molecule has 0 atom stereocenters. The molecule has 0 fully saturated rings. The molecule has 0 bridgehead atoms. The Bertz CT molecular complexity index is 1190. The standard InChI is InChI=1S/C24H18ClNO3/c1-15-6-10-17(11-7-15)23(28)24-22(19-4-2-3-5-20(19)29-24)26-21(27)14-16-8-12-18(25)13-9-16/h2-13H,14H2,1H3,(H,26,27). The number of hydrogen-bond donors (Lipinski definition) is 1. The highest BCUT2D eigenvalue weighted by molar-refractivity contribution is 6.30. The van der Waals surface area contributed by atoms with Crippen LogP contribution in [0.25, 0.3) is 11.0 Å². The number of nitrogens with one attached hydrogen (secondary N) is 1. The van der Waals surface area contributed by atoms with Crippen molar-refractivity contribution in [2.45, 2.75) is 13.3 Å². The number of halogens is 1. The first-order chi connectivity index (χ1) is 14.0. The number of ketones is 1. The molecule has 0 aliphatic rings. The summed E-state index contributed by atoms with van der Waals surface area (Å²) in [5, 5.41) is 4.17. The van der Waals surface area contributed by atoms with Gasteiger partial charge in [-0.2, -0.15) is 0 Å². The Morgan fingerprint density at radius 1 is 0.931 bits per heavy atom. The first-order valence-corrected chi connectivity index (χ1v) is 9.56. The van der Waals surface area contributed by atoms with Gasteiger partial charge in [0.1, 0.15) is 5.58 Å². The molecular formula is C24H18ClNO3. The molecule has 4 nitrogen and oxygen atoms in total. The van der Waals surface area contributed by atoms with Crippen LogP contribution in [0.5, 0.6) is 0 Å². The molecule has 0 unspecified atom stereocenters. The van der Waals surface area contributed by atoms with Crippen LogP contribution in [0.1, 0.15) is 27.2 Å². The molecule has 4 rings (SSSR count). The summed E-state index contributed by atoms with van der Waals surface area (Å²) in [7, 11) is 0. The second-order valence-corrected chi connectivity index (χ2v) is 7.29. The van der Waals surface area contributed by atoms with Crippen molar-refractivity contribution in [1.82, 2.24) is 0 Å². The fourth-order valence-corrected chi connectivity index (χ4v) is 3.26. The molecule has 0 aliphatic carbocycles. The van der Waals surface area contributed by atoms with Gasteiger partial charge >= 0.3 is 0 Å². The predicted octanol–water partition coefficient (Wildman–Crippen LogP) is 5.81. The number of hydrogen-bond acceptors (Lipinski definition) is 3. The van der Waals surface area contributed by atoms with Crippen LogP contribution in [-0.4, -0.2) is 11.7 Å². The lowest BCUT2D eigenvalue weighted by atomic mass is 10.1. The van der Waals surface area contributed by atoms with Crippen molar-refractivity contribution in [1.29, 1.82) is 0 Å². The maximum atomic E-state index is 13.1. The van der Waals surface area contributed by atoms with Crippen LogP contribution in [0.3, 0.4) is 0 Å². The lowest BCUT2D eigenvalue weighted by molar-refractivity contribution is -0.115. The molecule has 5 heteroatoms. The largest absolute Gasteiger partial charge is 0.450 e. The third kappa shape index (κ3) is 4.08. The van der Waals surface area contributed by atoms with Gasteiger partial charge < -0.3 is 9.73 Å². The summed E-state index contributed by atoms with van der Waals surface area (Å²) in [5.74, 6) is -0.390. The molecule has 0 saturated carbocycles. The average molecular weight is 404 g/mol. The van der Waals surface area contributed by atoms with Gasteiger partial charge in [-0.3, -0.25) is 9.59 Å². The van der Waals surface area contributed by atoms with E-state index < -0.39 is 0 Å². The molecular weight excluding hydrogens is 386 g/mol. The van der Waals surface area contributed by atoms with E-state index in [0.717, 1.165) is 11.1 Å². The lowest BCUT2D eigenvalue weighted by Gasteiger charge is -2.07. The Labute approximate surface area is 173 Å². The van der Waals surface area contributed by atoms with Crippen molar-refractivity contribution < 1.29 is 14.0 Å². The number of fused-ring (bicyclic) bond motifs is 1. The monoisotopic (exact) mass is 403 g/mol. The molecule has 144 valence electrons. The number of carbonyl (C=O) groups is 2. The van der Waals surface area contributed by atoms with E-state index in [4.69, 9.17) is 16.0 Å². The molecule has 0 saturated heterocycles. The highest BCUT2D eigenvalue weighted by Gasteiger charge is 2.23. The Hall–Kier alpha value is -3.37. The van der Waals surface area contributed by atoms with Crippen molar-refractivity contribution in [3.63, 3.8) is 0 Å². The highest BCUT2D eigenvalue weighted by Crippen LogP contribution is 2.32. The normalized spacial score (nSPS) is 10.8. The maximum Gasteiger partial charge on any atom is 0.230 e. The van der Waals surface area contributed by atoms with Crippen LogP contribution in [0.15, 0.2) is 77.2 Å². The number of rotatable bonds is 5. The van der Waals surface area contributed by atoms with Gasteiger partial charge in [0.15, 0.2) is 5.76 Å². The van der Waals surface area contributed by atoms with E-state index in [2.05, 4.69) is 5.32 Å². The average Bonchev–Trinajstić information content (AvgIpc) is 3.08. The zero-order valence-corrected chi connectivity index (χ0v) is 16.5. The van der Waals surface area contributed by atoms with Crippen LogP contribution in [0, 0.1) is 6.92 Å². The Balaban J connectivity index is 1.68. The second-order valence-electron chi connectivity index (χ2n) is 6.85. The fraction of sp³-hybridized carbons (Fsp3) is 0.0833. The number of amides is 1. The summed E-state index contributed by atoms with van der Waals surface area (Å²) < 4.78 is 5.83. The third-order valence-electron chi connectivity index (χ3n) is 4.66. The summed E-state index contributed by atoms with van der Waals surface area (Å²) in [5.41, 5.74) is 3.33. The van der Waals surface area contributed by atoms with Gasteiger partial charge in [0, 0.05) is 16.0 Å². The maximum absolute atomic E-state index is 13.1. The van der Waals surface area contributed by atoms with Crippen LogP contribution in [-0.2, 0) is 11.2 Å². The highest BCUT2D eigenvalue weighted by atomic mass is 35.5. The van der Waals surface area contributed by atoms with E-state index in [1.54, 1.807) is 42.5 Å². The van der Waals surface area contributed by atoms with Gasteiger partial charge in [-0.05, 0) is 36.8 Å². The van der Waals surface area contributed by atoms with Gasteiger partial charge in [0.05, 0.1) is 12.1 Å². The number of benzene rings is 3. The van der Waals surface area contributed by atoms with E-state index in [-0.39, 0.29) is 23.9 Å². The molecule has 4 aromatic rings. The minimum absolute atomic E-state index is 0.125. The van der Waals surface area contributed by atoms with E-state index in [1.807, 2.05) is 37.3 Å². The molecule has 1 N–H and O–H groups in total. The zero-order valence-electron chi connectivity index (χ0n) is 15.7. The van der Waals surface area contributed by atoms with Crippen molar-refractivity contribution in [2.75, 3.05) is 5.32 Å². The Kier molecular flexibility index (Phi) is 5.19. The van der Waals surface area contributed by atoms with E-state index in [1.165, 1.54) is 0 Å². The molecule has 0 radical (unpaired) electrons. The van der Waals surface area contributed by atoms with Gasteiger partial charge in [-0.15, -0.1) is 0 Å². The summed E-state index contributed by atoms with van der Waals surface area (Å²) in [6.45, 7) is 1.96. The molecule has 29 heavy (non-hydrogen) atoms. The minimum Gasteiger partial charge on any atom is -0.450 e. The zero-order chi connectivity index (χ0) is 20.4. The second kappa shape index (κ2) is 7.94. The van der Waals surface area contributed by atoms with Gasteiger partial charge in [0.2, 0.25) is 11.7 Å². The van der Waals surface area contributed by atoms with Crippen molar-refractivity contribution in [2.24, 2.45) is 0 Å². The number of furan rings is 1. The number of aryl methyl sites for hydroxylation is 1. The number of carbonyl (C=O) groups excluding carboxylic acids is 2. The molecule has 0 spiro atoms. The van der Waals surface area contributed by atoms with Crippen molar-refractivity contribution in [3.8, 4) is 0 Å². The van der Waals surface area contributed by atoms with Crippen LogP contribution in [0.2, 0.25) is 5.02 Å². The van der Waals surface area contributed by atoms with Crippen molar-refractivity contribution in [3.05, 3.63) is 100 Å². The quantitative estimate of drug-likeness (QED) is 0.428. The summed E-state index contributed by atoms with van der Waals surface area (Å²) in [6.07, 6.45) is 0.162. The van der Waals surface area contributed by atoms with E-state index in [0.29, 0.717) is 27.2 Å². The van der Waals surface area contributed by atoms with Gasteiger partial charge in [-0.25, -0.2) is 0 Å². The third-order valence-corrected chi connectivity index (χ3v) is 4.91. The number of para-hydroxylation sites is 1.